The maximum absolute atomic E-state index is 13.4. The van der Waals surface area contributed by atoms with Gasteiger partial charge in [-0.15, -0.1) is 0 Å². The van der Waals surface area contributed by atoms with Gasteiger partial charge in [-0.25, -0.2) is 9.71 Å². The van der Waals surface area contributed by atoms with Crippen molar-refractivity contribution >= 4 is 32.8 Å². The molecule has 0 saturated carbocycles. The number of carbonyl (C=O) groups is 1. The van der Waals surface area contributed by atoms with Crippen molar-refractivity contribution in [3.8, 4) is 11.3 Å². The van der Waals surface area contributed by atoms with Gasteiger partial charge in [0.2, 0.25) is 0 Å². The van der Waals surface area contributed by atoms with E-state index in [1.54, 1.807) is 25.1 Å². The monoisotopic (exact) mass is 562 g/mol. The van der Waals surface area contributed by atoms with Crippen LogP contribution in [0.25, 0.3) is 22.3 Å². The molecule has 0 aliphatic carbocycles. The van der Waals surface area contributed by atoms with Gasteiger partial charge in [0.15, 0.2) is 11.1 Å². The molecule has 10 nitrogen and oxygen atoms in total. The highest BCUT2D eigenvalue weighted by molar-refractivity contribution is 7.87. The number of nitrogens with zero attached hydrogens (tertiary/aromatic N) is 2. The van der Waals surface area contributed by atoms with Crippen molar-refractivity contribution in [2.45, 2.75) is 26.8 Å². The molecule has 1 aliphatic rings. The van der Waals surface area contributed by atoms with Gasteiger partial charge < -0.3 is 14.5 Å². The first-order valence-corrected chi connectivity index (χ1v) is 14.3. The van der Waals surface area contributed by atoms with Crippen molar-refractivity contribution in [2.75, 3.05) is 31.6 Å². The number of hydrogen-bond donors (Lipinski definition) is 2. The average Bonchev–Trinajstić information content (AvgIpc) is 2.95. The van der Waals surface area contributed by atoms with Crippen molar-refractivity contribution < 1.29 is 22.4 Å². The molecule has 1 aliphatic heterocycles. The summed E-state index contributed by atoms with van der Waals surface area (Å²) in [6.07, 6.45) is 1.42. The fraction of sp³-hybridized carbons (Fsp3) is 0.276. The smallest absolute Gasteiger partial charge is 0.304 e. The third-order valence-electron chi connectivity index (χ3n) is 6.82. The Morgan fingerprint density at radius 3 is 2.50 bits per heavy atom. The molecule has 208 valence electrons. The molecule has 1 amide bonds. The fourth-order valence-electron chi connectivity index (χ4n) is 4.78. The van der Waals surface area contributed by atoms with Gasteiger partial charge in [0.1, 0.15) is 11.3 Å². The number of aromatic nitrogens is 1. The number of carbonyl (C=O) groups excluding carboxylic acids is 1. The molecule has 1 saturated heterocycles. The number of rotatable bonds is 7. The lowest BCUT2D eigenvalue weighted by molar-refractivity contribution is 0.0718. The van der Waals surface area contributed by atoms with Crippen LogP contribution >= 0.6 is 0 Å². The third kappa shape index (κ3) is 5.48. The summed E-state index contributed by atoms with van der Waals surface area (Å²) in [6.45, 7) is 6.35. The number of nitrogens with one attached hydrogen (secondary N) is 2. The lowest BCUT2D eigenvalue weighted by Gasteiger charge is -2.26. The molecule has 4 aromatic rings. The Morgan fingerprint density at radius 1 is 1.05 bits per heavy atom. The van der Waals surface area contributed by atoms with E-state index in [1.165, 1.54) is 10.5 Å². The number of morpholine rings is 1. The Hall–Kier alpha value is -4.06. The highest BCUT2D eigenvalue weighted by Gasteiger charge is 2.28. The van der Waals surface area contributed by atoms with Crippen LogP contribution in [0.15, 0.2) is 70.0 Å². The van der Waals surface area contributed by atoms with Crippen LogP contribution in [0.2, 0.25) is 0 Å². The van der Waals surface area contributed by atoms with Crippen molar-refractivity contribution in [3.05, 3.63) is 93.4 Å². The standard InChI is InChI=1S/C29H30N4O6S/c1-18-16-22(28-23(17-18)26(34)19(2)27(39-28)21-8-5-4-6-9-21)20(3)31-24-10-7-11-30-25(24)29(35)32-40(36,37)33-12-14-38-15-13-33/h4-11,16-17,20,31H,12-15H2,1-3H3,(H,32,35). The minimum absolute atomic E-state index is 0.0783. The van der Waals surface area contributed by atoms with E-state index < -0.39 is 22.2 Å². The molecule has 2 aromatic carbocycles. The summed E-state index contributed by atoms with van der Waals surface area (Å²) in [5, 5.41) is 3.73. The molecule has 1 fully saturated rings. The Labute approximate surface area is 232 Å². The SMILES string of the molecule is Cc1cc(C(C)Nc2cccnc2C(=O)NS(=O)(=O)N2CCOCC2)c2oc(-c3ccccc3)c(C)c(=O)c2c1. The Kier molecular flexibility index (Phi) is 7.70. The molecule has 1 atom stereocenters. The van der Waals surface area contributed by atoms with Crippen LogP contribution in [0.5, 0.6) is 0 Å². The molecule has 40 heavy (non-hydrogen) atoms. The highest BCUT2D eigenvalue weighted by atomic mass is 32.2. The van der Waals surface area contributed by atoms with Crippen LogP contribution in [-0.4, -0.2) is 49.9 Å². The lowest BCUT2D eigenvalue weighted by Crippen LogP contribution is -2.48. The van der Waals surface area contributed by atoms with Gasteiger partial charge in [0.05, 0.1) is 30.3 Å². The number of fused-ring (bicyclic) bond motifs is 1. The average molecular weight is 563 g/mol. The van der Waals surface area contributed by atoms with Crippen molar-refractivity contribution in [1.29, 1.82) is 0 Å². The number of pyridine rings is 1. The van der Waals surface area contributed by atoms with E-state index in [1.807, 2.05) is 50.2 Å². The number of ether oxygens (including phenoxy) is 1. The zero-order chi connectivity index (χ0) is 28.4. The number of amides is 1. The summed E-state index contributed by atoms with van der Waals surface area (Å²) >= 11 is 0. The van der Waals surface area contributed by atoms with E-state index >= 15 is 0 Å². The molecular weight excluding hydrogens is 532 g/mol. The van der Waals surface area contributed by atoms with Crippen molar-refractivity contribution in [2.24, 2.45) is 0 Å². The second-order valence-electron chi connectivity index (χ2n) is 9.70. The van der Waals surface area contributed by atoms with Crippen LogP contribution in [-0.2, 0) is 14.9 Å². The first-order valence-electron chi connectivity index (χ1n) is 12.9. The Bertz CT molecular complexity index is 1730. The van der Waals surface area contributed by atoms with Crippen LogP contribution < -0.4 is 15.5 Å². The van der Waals surface area contributed by atoms with Crippen LogP contribution in [0.3, 0.4) is 0 Å². The minimum Gasteiger partial charge on any atom is -0.455 e. The minimum atomic E-state index is -4.07. The number of aryl methyl sites for hydroxylation is 1. The largest absolute Gasteiger partial charge is 0.455 e. The maximum atomic E-state index is 13.4. The van der Waals surface area contributed by atoms with E-state index in [4.69, 9.17) is 9.15 Å². The topological polar surface area (TPSA) is 131 Å². The molecule has 0 bridgehead atoms. The summed E-state index contributed by atoms with van der Waals surface area (Å²) in [7, 11) is -4.07. The van der Waals surface area contributed by atoms with Gasteiger partial charge in [0.25, 0.3) is 5.91 Å². The second-order valence-corrected chi connectivity index (χ2v) is 11.4. The van der Waals surface area contributed by atoms with Gasteiger partial charge in [0, 0.05) is 36.0 Å². The molecule has 0 radical (unpaired) electrons. The van der Waals surface area contributed by atoms with Crippen molar-refractivity contribution in [3.63, 3.8) is 0 Å². The van der Waals surface area contributed by atoms with Gasteiger partial charge >= 0.3 is 10.2 Å². The van der Waals surface area contributed by atoms with Gasteiger partial charge in [-0.2, -0.15) is 12.7 Å². The molecule has 2 N–H and O–H groups in total. The van der Waals surface area contributed by atoms with Gasteiger partial charge in [-0.1, -0.05) is 36.4 Å². The molecular formula is C29H30N4O6S. The predicted octanol–water partition coefficient (Wildman–Crippen LogP) is 3.95. The first-order chi connectivity index (χ1) is 19.2. The number of benzene rings is 2. The number of hydrogen-bond acceptors (Lipinski definition) is 8. The third-order valence-corrected chi connectivity index (χ3v) is 8.31. The Balaban J connectivity index is 1.50. The molecule has 5 rings (SSSR count). The zero-order valence-corrected chi connectivity index (χ0v) is 23.2. The van der Waals surface area contributed by atoms with E-state index in [0.29, 0.717) is 33.5 Å². The highest BCUT2D eigenvalue weighted by Crippen LogP contribution is 2.32. The van der Waals surface area contributed by atoms with E-state index in [0.717, 1.165) is 11.1 Å². The van der Waals surface area contributed by atoms with E-state index in [9.17, 15) is 18.0 Å². The first kappa shape index (κ1) is 27.5. The summed E-state index contributed by atoms with van der Waals surface area (Å²) in [5.74, 6) is -0.366. The molecule has 2 aromatic heterocycles. The number of anilines is 1. The van der Waals surface area contributed by atoms with E-state index in [-0.39, 0.29) is 37.4 Å². The quantitative estimate of drug-likeness (QED) is 0.346. The summed E-state index contributed by atoms with van der Waals surface area (Å²) in [6, 6.07) is 16.0. The van der Waals surface area contributed by atoms with E-state index in [2.05, 4.69) is 15.0 Å². The van der Waals surface area contributed by atoms with Crippen molar-refractivity contribution in [1.82, 2.24) is 14.0 Å². The van der Waals surface area contributed by atoms with Crippen LogP contribution in [0.1, 0.15) is 40.1 Å². The predicted molar refractivity (Wildman–Crippen MR) is 152 cm³/mol. The lowest BCUT2D eigenvalue weighted by atomic mass is 9.98. The molecule has 3 heterocycles. The van der Waals surface area contributed by atoms with Crippen LogP contribution in [0.4, 0.5) is 5.69 Å². The maximum Gasteiger partial charge on any atom is 0.304 e. The summed E-state index contributed by atoms with van der Waals surface area (Å²) < 4.78 is 40.4. The van der Waals surface area contributed by atoms with Crippen LogP contribution in [0, 0.1) is 13.8 Å². The molecule has 11 heteroatoms. The molecule has 1 unspecified atom stereocenters. The fourth-order valence-corrected chi connectivity index (χ4v) is 5.87. The summed E-state index contributed by atoms with van der Waals surface area (Å²) in [5.41, 5.74) is 3.46. The Morgan fingerprint density at radius 2 is 1.77 bits per heavy atom. The van der Waals surface area contributed by atoms with Gasteiger partial charge in [-0.05, 0) is 44.5 Å². The zero-order valence-electron chi connectivity index (χ0n) is 22.4. The summed E-state index contributed by atoms with van der Waals surface area (Å²) in [4.78, 5) is 30.6. The normalized spacial score (nSPS) is 15.1. The van der Waals surface area contributed by atoms with Gasteiger partial charge in [-0.3, -0.25) is 9.59 Å². The second kappa shape index (κ2) is 11.2. The molecule has 0 spiro atoms.